The summed E-state index contributed by atoms with van der Waals surface area (Å²) in [5.41, 5.74) is 0.231. The summed E-state index contributed by atoms with van der Waals surface area (Å²) in [7, 11) is -3.84. The van der Waals surface area contributed by atoms with Crippen LogP contribution in [0.25, 0.3) is 0 Å². The molecule has 0 bridgehead atoms. The second kappa shape index (κ2) is 6.25. The van der Waals surface area contributed by atoms with Gasteiger partial charge in [0.05, 0.1) is 0 Å². The Labute approximate surface area is 152 Å². The predicted octanol–water partition coefficient (Wildman–Crippen LogP) is 1.17. The number of carbonyl (C=O) groups excluding carboxylic acids is 1. The molecule has 0 aromatic heterocycles. The van der Waals surface area contributed by atoms with Crippen LogP contribution in [0.4, 0.5) is 0 Å². The van der Waals surface area contributed by atoms with Crippen molar-refractivity contribution in [3.63, 3.8) is 0 Å². The molecule has 1 aliphatic heterocycles. The van der Waals surface area contributed by atoms with Crippen LogP contribution in [0.1, 0.15) is 23.2 Å². The molecular formula is C18H17NO4SSe. The van der Waals surface area contributed by atoms with Gasteiger partial charge in [-0.25, -0.2) is 0 Å². The van der Waals surface area contributed by atoms with Crippen LogP contribution < -0.4 is 4.46 Å². The number of aliphatic hydroxyl groups excluding tert-OH is 1. The zero-order valence-corrected chi connectivity index (χ0v) is 15.8. The van der Waals surface area contributed by atoms with Gasteiger partial charge in [-0.15, -0.1) is 0 Å². The van der Waals surface area contributed by atoms with E-state index in [2.05, 4.69) is 0 Å². The van der Waals surface area contributed by atoms with Crippen LogP contribution in [0, 0.1) is 0 Å². The van der Waals surface area contributed by atoms with E-state index in [0.29, 0.717) is 12.8 Å². The molecule has 25 heavy (non-hydrogen) atoms. The van der Waals surface area contributed by atoms with Gasteiger partial charge < -0.3 is 0 Å². The fourth-order valence-corrected chi connectivity index (χ4v) is 8.38. The Morgan fingerprint density at radius 1 is 1.00 bits per heavy atom. The first-order valence-electron chi connectivity index (χ1n) is 8.06. The average molecular weight is 422 g/mol. The molecule has 1 fully saturated rings. The van der Waals surface area contributed by atoms with Crippen LogP contribution in [0.15, 0.2) is 59.5 Å². The van der Waals surface area contributed by atoms with E-state index in [-0.39, 0.29) is 30.2 Å². The number of sulfonamides is 1. The number of carbonyl (C=O) groups is 1. The van der Waals surface area contributed by atoms with Crippen LogP contribution in [-0.2, 0) is 10.0 Å². The van der Waals surface area contributed by atoms with E-state index < -0.39 is 28.1 Å². The second-order valence-electron chi connectivity index (χ2n) is 6.26. The Hall–Kier alpha value is -1.66. The van der Waals surface area contributed by atoms with Gasteiger partial charge >= 0.3 is 153 Å². The standard InChI is InChI=1S/C18H17NO4SSe/c20-12-10-15(17(11-12)25-13-6-2-1-3-7-13)19-18(21)14-8-4-5-9-16(14)24(19,22)23/h1-9,12,15,17,20H,10-11H2. The number of rotatable bonds is 3. The van der Waals surface area contributed by atoms with Crippen LogP contribution in [0.3, 0.4) is 0 Å². The third-order valence-electron chi connectivity index (χ3n) is 4.63. The van der Waals surface area contributed by atoms with Gasteiger partial charge in [0.1, 0.15) is 0 Å². The number of nitrogens with zero attached hydrogens (tertiary/aromatic N) is 1. The van der Waals surface area contributed by atoms with Crippen molar-refractivity contribution in [2.45, 2.75) is 34.7 Å². The zero-order chi connectivity index (χ0) is 17.6. The van der Waals surface area contributed by atoms with E-state index in [1.165, 1.54) is 6.07 Å². The van der Waals surface area contributed by atoms with E-state index in [1.54, 1.807) is 18.2 Å². The molecule has 0 saturated heterocycles. The van der Waals surface area contributed by atoms with Crippen molar-refractivity contribution >= 4 is 35.3 Å². The molecule has 3 unspecified atom stereocenters. The number of hydrogen-bond donors (Lipinski definition) is 1. The molecule has 1 amide bonds. The van der Waals surface area contributed by atoms with Gasteiger partial charge in [-0.2, -0.15) is 0 Å². The average Bonchev–Trinajstić information content (AvgIpc) is 3.04. The summed E-state index contributed by atoms with van der Waals surface area (Å²) < 4.78 is 28.0. The first-order chi connectivity index (χ1) is 12.0. The van der Waals surface area contributed by atoms with E-state index in [1.807, 2.05) is 30.3 Å². The van der Waals surface area contributed by atoms with Crippen molar-refractivity contribution in [2.24, 2.45) is 0 Å². The van der Waals surface area contributed by atoms with Crippen molar-refractivity contribution in [1.29, 1.82) is 0 Å². The van der Waals surface area contributed by atoms with Crippen LogP contribution in [0.5, 0.6) is 0 Å². The number of benzene rings is 2. The van der Waals surface area contributed by atoms with Crippen molar-refractivity contribution in [1.82, 2.24) is 4.31 Å². The Kier molecular flexibility index (Phi) is 4.20. The Balaban J connectivity index is 1.69. The molecule has 130 valence electrons. The van der Waals surface area contributed by atoms with E-state index in [4.69, 9.17) is 0 Å². The Bertz CT molecular complexity index is 916. The molecule has 7 heteroatoms. The maximum atomic E-state index is 12.9. The molecule has 1 N–H and O–H groups in total. The molecule has 2 aromatic carbocycles. The molecule has 4 rings (SSSR count). The van der Waals surface area contributed by atoms with Crippen molar-refractivity contribution in [2.75, 3.05) is 0 Å². The first-order valence-corrected chi connectivity index (χ1v) is 11.3. The molecule has 2 aliphatic rings. The normalized spacial score (nSPS) is 27.5. The van der Waals surface area contributed by atoms with Crippen LogP contribution >= 0.6 is 0 Å². The topological polar surface area (TPSA) is 74.7 Å². The second-order valence-corrected chi connectivity index (χ2v) is 10.8. The van der Waals surface area contributed by atoms with E-state index in [9.17, 15) is 18.3 Å². The number of aliphatic hydroxyl groups is 1. The third-order valence-corrected chi connectivity index (χ3v) is 9.34. The maximum absolute atomic E-state index is 12.9. The zero-order valence-electron chi connectivity index (χ0n) is 13.3. The Morgan fingerprint density at radius 2 is 1.68 bits per heavy atom. The number of amides is 1. The summed E-state index contributed by atoms with van der Waals surface area (Å²) in [6.07, 6.45) is 0.250. The number of fused-ring (bicyclic) bond motifs is 1. The van der Waals surface area contributed by atoms with Gasteiger partial charge in [-0.1, -0.05) is 0 Å². The molecule has 3 atom stereocenters. The quantitative estimate of drug-likeness (QED) is 0.754. The summed E-state index contributed by atoms with van der Waals surface area (Å²) in [5.74, 6) is -0.469. The summed E-state index contributed by atoms with van der Waals surface area (Å²) in [6, 6.07) is 15.7. The van der Waals surface area contributed by atoms with Gasteiger partial charge in [-0.3, -0.25) is 0 Å². The first kappa shape index (κ1) is 16.8. The van der Waals surface area contributed by atoms with Crippen LogP contribution in [0.2, 0.25) is 4.82 Å². The molecule has 1 aliphatic carbocycles. The molecule has 2 aromatic rings. The fourth-order valence-electron chi connectivity index (χ4n) is 3.53. The molecular weight excluding hydrogens is 405 g/mol. The van der Waals surface area contributed by atoms with Crippen LogP contribution in [-0.4, -0.2) is 50.8 Å². The van der Waals surface area contributed by atoms with Crippen molar-refractivity contribution in [3.05, 3.63) is 60.2 Å². The van der Waals surface area contributed by atoms with Gasteiger partial charge in [0.15, 0.2) is 0 Å². The fraction of sp³-hybridized carbons (Fsp3) is 0.278. The molecule has 5 nitrogen and oxygen atoms in total. The van der Waals surface area contributed by atoms with Crippen molar-refractivity contribution in [3.8, 4) is 0 Å². The van der Waals surface area contributed by atoms with Gasteiger partial charge in [0, 0.05) is 0 Å². The molecule has 0 spiro atoms. The monoisotopic (exact) mass is 423 g/mol. The minimum atomic E-state index is -3.84. The van der Waals surface area contributed by atoms with E-state index in [0.717, 1.165) is 8.77 Å². The summed E-state index contributed by atoms with van der Waals surface area (Å²) in [6.45, 7) is 0. The summed E-state index contributed by atoms with van der Waals surface area (Å²) >= 11 is -0.0199. The molecule has 1 heterocycles. The Morgan fingerprint density at radius 3 is 2.40 bits per heavy atom. The minimum absolute atomic E-state index is 0.0199. The number of hydrogen-bond acceptors (Lipinski definition) is 4. The summed E-state index contributed by atoms with van der Waals surface area (Å²) in [5, 5.41) is 10.2. The van der Waals surface area contributed by atoms with Crippen molar-refractivity contribution < 1.29 is 18.3 Å². The SMILES string of the molecule is O=C1c2ccccc2S(=O)(=O)N1C1CC(O)CC1[Se]c1ccccc1. The van der Waals surface area contributed by atoms with Gasteiger partial charge in [-0.05, 0) is 0 Å². The molecule has 1 saturated carbocycles. The van der Waals surface area contributed by atoms with E-state index >= 15 is 0 Å². The third kappa shape index (κ3) is 2.81. The predicted molar refractivity (Wildman–Crippen MR) is 94.4 cm³/mol. The molecule has 0 radical (unpaired) electrons. The van der Waals surface area contributed by atoms with Gasteiger partial charge in [0.2, 0.25) is 0 Å². The van der Waals surface area contributed by atoms with Gasteiger partial charge in [0.25, 0.3) is 0 Å². The summed E-state index contributed by atoms with van der Waals surface area (Å²) in [4.78, 5) is 12.8.